The van der Waals surface area contributed by atoms with Crippen LogP contribution in [0.5, 0.6) is 0 Å². The van der Waals surface area contributed by atoms with Crippen LogP contribution in [0.25, 0.3) is 0 Å². The summed E-state index contributed by atoms with van der Waals surface area (Å²) in [5.74, 6) is 2.10. The first-order valence-electron chi connectivity index (χ1n) is 13.7. The molecule has 0 spiro atoms. The zero-order valence-corrected chi connectivity index (χ0v) is 24.2. The Morgan fingerprint density at radius 2 is 1.03 bits per heavy atom. The molecular weight excluding hydrogens is 453 g/mol. The largest absolute Gasteiger partial charge is 0.756 e. The summed E-state index contributed by atoms with van der Waals surface area (Å²) in [5.41, 5.74) is 0. The average molecular weight is 510 g/mol. The van der Waals surface area contributed by atoms with Crippen molar-refractivity contribution in [2.24, 2.45) is 0 Å². The molecule has 0 aromatic heterocycles. The number of thioether (sulfide) groups is 1. The number of quaternary nitrogens is 1. The lowest BCUT2D eigenvalue weighted by Gasteiger charge is -2.27. The van der Waals surface area contributed by atoms with Gasteiger partial charge in [0.05, 0.1) is 27.7 Å². The summed E-state index contributed by atoms with van der Waals surface area (Å²) in [4.78, 5) is 11.7. The van der Waals surface area contributed by atoms with Crippen molar-refractivity contribution in [1.29, 1.82) is 0 Å². The van der Waals surface area contributed by atoms with E-state index in [0.717, 1.165) is 17.9 Å². The summed E-state index contributed by atoms with van der Waals surface area (Å²) in [7, 11) is 1.85. The Morgan fingerprint density at radius 1 is 0.636 bits per heavy atom. The molecule has 0 aromatic carbocycles. The molecule has 0 N–H and O–H groups in total. The molecule has 200 valence electrons. The number of hydrogen-bond acceptors (Lipinski definition) is 5. The van der Waals surface area contributed by atoms with E-state index in [9.17, 15) is 9.46 Å². The first kappa shape index (κ1) is 33.4. The number of phosphoric acid groups is 1. The van der Waals surface area contributed by atoms with Crippen molar-refractivity contribution < 1.29 is 23.0 Å². The molecule has 0 rings (SSSR count). The van der Waals surface area contributed by atoms with Gasteiger partial charge in [0, 0.05) is 0 Å². The van der Waals surface area contributed by atoms with Gasteiger partial charge in [0.1, 0.15) is 13.2 Å². The fourth-order valence-corrected chi connectivity index (χ4v) is 5.32. The Labute approximate surface area is 211 Å². The van der Waals surface area contributed by atoms with Gasteiger partial charge in [0.25, 0.3) is 7.82 Å². The lowest BCUT2D eigenvalue weighted by atomic mass is 10.0. The summed E-state index contributed by atoms with van der Waals surface area (Å²) in [6, 6.07) is 0. The van der Waals surface area contributed by atoms with Crippen molar-refractivity contribution in [2.75, 3.05) is 52.4 Å². The van der Waals surface area contributed by atoms with Gasteiger partial charge in [-0.05, 0) is 24.3 Å². The Hall–Kier alpha value is 0.420. The third kappa shape index (κ3) is 28.5. The van der Waals surface area contributed by atoms with Crippen LogP contribution in [0.15, 0.2) is 0 Å². The summed E-state index contributed by atoms with van der Waals surface area (Å²) in [6.45, 7) is 3.30. The number of hydrogen-bond donors (Lipinski definition) is 0. The molecule has 0 saturated heterocycles. The monoisotopic (exact) mass is 509 g/mol. The van der Waals surface area contributed by atoms with Crippen molar-refractivity contribution in [1.82, 2.24) is 0 Å². The zero-order valence-electron chi connectivity index (χ0n) is 22.5. The fourth-order valence-electron chi connectivity index (χ4n) is 3.66. The quantitative estimate of drug-likeness (QED) is 0.0683. The van der Waals surface area contributed by atoms with Crippen LogP contribution in [0, 0.1) is 0 Å². The molecule has 0 fully saturated rings. The minimum Gasteiger partial charge on any atom is -0.756 e. The molecule has 0 aliphatic rings. The van der Waals surface area contributed by atoms with E-state index in [1.54, 1.807) is 0 Å². The first-order chi connectivity index (χ1) is 15.8. The van der Waals surface area contributed by atoms with Gasteiger partial charge >= 0.3 is 0 Å². The van der Waals surface area contributed by atoms with Gasteiger partial charge < -0.3 is 18.4 Å². The predicted molar refractivity (Wildman–Crippen MR) is 144 cm³/mol. The Kier molecular flexibility index (Phi) is 23.1. The lowest BCUT2D eigenvalue weighted by Crippen LogP contribution is -2.37. The van der Waals surface area contributed by atoms with E-state index in [1.165, 1.54) is 103 Å². The number of nitrogens with zero attached hydrogens (tertiary/aromatic N) is 1. The van der Waals surface area contributed by atoms with Crippen LogP contribution in [-0.2, 0) is 13.6 Å². The summed E-state index contributed by atoms with van der Waals surface area (Å²) < 4.78 is 22.2. The van der Waals surface area contributed by atoms with Gasteiger partial charge in [-0.25, -0.2) is 0 Å². The highest BCUT2D eigenvalue weighted by molar-refractivity contribution is 7.99. The molecule has 33 heavy (non-hydrogen) atoms. The molecule has 0 aliphatic heterocycles. The van der Waals surface area contributed by atoms with Crippen LogP contribution in [0.3, 0.4) is 0 Å². The third-order valence-corrected chi connectivity index (χ3v) is 7.99. The average Bonchev–Trinajstić information content (AvgIpc) is 2.73. The van der Waals surface area contributed by atoms with Crippen molar-refractivity contribution in [3.05, 3.63) is 0 Å². The number of rotatable bonds is 26. The van der Waals surface area contributed by atoms with Crippen LogP contribution in [0.1, 0.15) is 116 Å². The maximum atomic E-state index is 11.7. The lowest BCUT2D eigenvalue weighted by molar-refractivity contribution is -0.870. The van der Waals surface area contributed by atoms with Crippen LogP contribution in [0.2, 0.25) is 0 Å². The zero-order chi connectivity index (χ0) is 24.7. The molecule has 0 amide bonds. The first-order valence-corrected chi connectivity index (χ1v) is 16.4. The second-order valence-electron chi connectivity index (χ2n) is 10.4. The molecule has 1 atom stereocenters. The van der Waals surface area contributed by atoms with Gasteiger partial charge in [-0.2, -0.15) is 11.8 Å². The second-order valence-corrected chi connectivity index (χ2v) is 13.0. The van der Waals surface area contributed by atoms with Gasteiger partial charge in [-0.15, -0.1) is 0 Å². The number of unbranched alkanes of at least 4 members (excludes halogenated alkanes) is 15. The van der Waals surface area contributed by atoms with E-state index in [-0.39, 0.29) is 13.2 Å². The van der Waals surface area contributed by atoms with Gasteiger partial charge in [-0.3, -0.25) is 4.57 Å². The Bertz CT molecular complexity index is 460. The number of phosphoric ester groups is 1. The molecule has 0 bridgehead atoms. The Balaban J connectivity index is 3.23. The normalized spacial score (nSPS) is 14.0. The van der Waals surface area contributed by atoms with E-state index in [2.05, 4.69) is 6.92 Å². The summed E-state index contributed by atoms with van der Waals surface area (Å²) >= 11 is 1.90. The van der Waals surface area contributed by atoms with Crippen LogP contribution < -0.4 is 4.89 Å². The fraction of sp³-hybridized carbons (Fsp3) is 1.00. The summed E-state index contributed by atoms with van der Waals surface area (Å²) in [5, 5.41) is 0. The van der Waals surface area contributed by atoms with Crippen LogP contribution >= 0.6 is 19.6 Å². The van der Waals surface area contributed by atoms with E-state index in [1.807, 2.05) is 32.9 Å². The second kappa shape index (κ2) is 22.9. The van der Waals surface area contributed by atoms with Gasteiger partial charge in [-0.1, -0.05) is 103 Å². The molecule has 7 heteroatoms. The van der Waals surface area contributed by atoms with Crippen molar-refractivity contribution in [3.8, 4) is 0 Å². The maximum Gasteiger partial charge on any atom is 0.268 e. The third-order valence-electron chi connectivity index (χ3n) is 5.84. The predicted octanol–water partition coefficient (Wildman–Crippen LogP) is 7.58. The maximum absolute atomic E-state index is 11.7. The summed E-state index contributed by atoms with van der Waals surface area (Å²) in [6.07, 6.45) is 23.1. The van der Waals surface area contributed by atoms with E-state index < -0.39 is 7.82 Å². The smallest absolute Gasteiger partial charge is 0.268 e. The van der Waals surface area contributed by atoms with Gasteiger partial charge in [0.2, 0.25) is 0 Å². The molecule has 5 nitrogen and oxygen atoms in total. The van der Waals surface area contributed by atoms with E-state index in [0.29, 0.717) is 11.0 Å². The van der Waals surface area contributed by atoms with E-state index >= 15 is 0 Å². The van der Waals surface area contributed by atoms with Crippen LogP contribution in [-0.4, -0.2) is 56.9 Å². The standard InChI is InChI=1S/C26H56NO4PS/c1-5-6-7-8-9-10-11-12-13-14-15-16-17-18-19-20-25-33-26-21-23-30-32(28,29)31-24-22-27(2,3)4/h5-26H2,1-4H3. The molecule has 0 aliphatic carbocycles. The molecule has 1 unspecified atom stereocenters. The highest BCUT2D eigenvalue weighted by Crippen LogP contribution is 2.38. The molecular formula is C26H56NO4PS. The molecule has 0 radical (unpaired) electrons. The van der Waals surface area contributed by atoms with Crippen LogP contribution in [0.4, 0.5) is 0 Å². The Morgan fingerprint density at radius 3 is 1.48 bits per heavy atom. The molecule has 0 aromatic rings. The molecule has 0 heterocycles. The van der Waals surface area contributed by atoms with E-state index in [4.69, 9.17) is 9.05 Å². The van der Waals surface area contributed by atoms with Crippen molar-refractivity contribution in [3.63, 3.8) is 0 Å². The van der Waals surface area contributed by atoms with Gasteiger partial charge in [0.15, 0.2) is 0 Å². The van der Waals surface area contributed by atoms with Crippen molar-refractivity contribution in [2.45, 2.75) is 116 Å². The highest BCUT2D eigenvalue weighted by atomic mass is 32.2. The molecule has 0 saturated carbocycles. The highest BCUT2D eigenvalue weighted by Gasteiger charge is 2.12. The number of likely N-dealkylation sites (N-methyl/N-ethyl adjacent to an activating group) is 1. The SMILES string of the molecule is CCCCCCCCCCCCCCCCCCSCCCOP(=O)([O-])OCC[N+](C)(C)C. The van der Waals surface area contributed by atoms with Crippen molar-refractivity contribution >= 4 is 19.6 Å². The topological polar surface area (TPSA) is 58.6 Å². The minimum atomic E-state index is -4.14. The minimum absolute atomic E-state index is 0.165.